The number of thioether (sulfide) groups is 1. The number of benzene rings is 3. The van der Waals surface area contributed by atoms with Crippen LogP contribution in [0, 0.1) is 5.21 Å². The van der Waals surface area contributed by atoms with E-state index in [2.05, 4.69) is 20.1 Å². The Kier molecular flexibility index (Phi) is 8.71. The molecule has 0 saturated carbocycles. The Morgan fingerprint density at radius 1 is 1.04 bits per heavy atom. The number of hydrogen-bond acceptors (Lipinski definition) is 12. The molecule has 0 spiro atoms. The van der Waals surface area contributed by atoms with Crippen LogP contribution in [-0.2, 0) is 14.6 Å². The third-order valence-corrected chi connectivity index (χ3v) is 9.75. The number of likely N-dealkylation sites (tertiary alicyclic amines) is 1. The summed E-state index contributed by atoms with van der Waals surface area (Å²) in [5.41, 5.74) is 1.49. The maximum absolute atomic E-state index is 13.1. The van der Waals surface area contributed by atoms with E-state index in [1.54, 1.807) is 30.2 Å². The van der Waals surface area contributed by atoms with Crippen LogP contribution < -0.4 is 19.7 Å². The van der Waals surface area contributed by atoms with E-state index in [4.69, 9.17) is 14.5 Å². The standard InChI is InChI=1S/C30H28N6O7S2/c1-41-25-14-8-7-13-24(25)31-27-22-11-5-6-12-23(22)32-30(33-27)44-19-26(37)35-17-15-20(16-18-35)42-28-29(36(38)43-34-28)45(39,40)21-9-3-2-4-10-21/h2-14,20H,15-19H2,1H3,(H,31,32,33). The Morgan fingerprint density at radius 3 is 2.53 bits per heavy atom. The molecule has 15 heteroatoms. The van der Waals surface area contributed by atoms with Gasteiger partial charge in [-0.05, 0) is 41.3 Å². The van der Waals surface area contributed by atoms with E-state index in [-0.39, 0.29) is 21.5 Å². The number of fused-ring (bicyclic) bond motifs is 1. The van der Waals surface area contributed by atoms with Crippen molar-refractivity contribution in [1.29, 1.82) is 0 Å². The number of carbonyl (C=O) groups excluding carboxylic acids is 1. The molecule has 6 rings (SSSR count). The van der Waals surface area contributed by atoms with Crippen LogP contribution in [0.3, 0.4) is 0 Å². The summed E-state index contributed by atoms with van der Waals surface area (Å²) in [5.74, 6) is 0.887. The van der Waals surface area contributed by atoms with Gasteiger partial charge in [0.2, 0.25) is 5.91 Å². The molecule has 1 amide bonds. The van der Waals surface area contributed by atoms with E-state index in [0.717, 1.165) is 16.6 Å². The van der Waals surface area contributed by atoms with Crippen LogP contribution in [0.5, 0.6) is 11.6 Å². The van der Waals surface area contributed by atoms with Crippen LogP contribution in [0.15, 0.2) is 98.6 Å². The minimum atomic E-state index is -4.22. The fourth-order valence-electron chi connectivity index (χ4n) is 4.91. The van der Waals surface area contributed by atoms with E-state index in [9.17, 15) is 18.4 Å². The van der Waals surface area contributed by atoms with Gasteiger partial charge in [0.15, 0.2) is 5.16 Å². The third-order valence-electron chi connectivity index (χ3n) is 7.20. The Hall–Kier alpha value is -4.89. The first-order valence-corrected chi connectivity index (χ1v) is 16.4. The highest BCUT2D eigenvalue weighted by molar-refractivity contribution is 7.99. The van der Waals surface area contributed by atoms with E-state index in [0.29, 0.717) is 42.7 Å². The molecular weight excluding hydrogens is 620 g/mol. The SMILES string of the molecule is COc1ccccc1Nc1nc(SCC(=O)N2CCC(Oc3no[n+]([O-])c3S(=O)(=O)c3ccccc3)CC2)nc2ccccc12. The zero-order chi connectivity index (χ0) is 31.4. The molecule has 0 aliphatic carbocycles. The quantitative estimate of drug-likeness (QED) is 0.132. The van der Waals surface area contributed by atoms with Gasteiger partial charge in [-0.1, -0.05) is 54.2 Å². The minimum Gasteiger partial charge on any atom is -0.495 e. The number of carbonyl (C=O) groups is 1. The monoisotopic (exact) mass is 648 g/mol. The smallest absolute Gasteiger partial charge is 0.415 e. The maximum atomic E-state index is 13.1. The van der Waals surface area contributed by atoms with Gasteiger partial charge in [-0.3, -0.25) is 9.42 Å². The van der Waals surface area contributed by atoms with Gasteiger partial charge in [0.1, 0.15) is 17.7 Å². The zero-order valence-corrected chi connectivity index (χ0v) is 25.7. The lowest BCUT2D eigenvalue weighted by Gasteiger charge is -2.31. The second-order valence-corrected chi connectivity index (χ2v) is 12.8. The summed E-state index contributed by atoms with van der Waals surface area (Å²) in [6, 6.07) is 22.6. The van der Waals surface area contributed by atoms with Crippen molar-refractivity contribution in [2.75, 3.05) is 31.3 Å². The average Bonchev–Trinajstić information content (AvgIpc) is 3.44. The number of methoxy groups -OCH3 is 1. The van der Waals surface area contributed by atoms with Gasteiger partial charge in [0, 0.05) is 31.3 Å². The molecule has 0 bridgehead atoms. The van der Waals surface area contributed by atoms with Crippen molar-refractivity contribution >= 4 is 49.9 Å². The number of rotatable bonds is 10. The molecule has 45 heavy (non-hydrogen) atoms. The number of piperidine rings is 1. The number of para-hydroxylation sites is 3. The van der Waals surface area contributed by atoms with Gasteiger partial charge in [-0.25, -0.2) is 18.4 Å². The topological polar surface area (TPSA) is 164 Å². The van der Waals surface area contributed by atoms with Crippen LogP contribution in [0.25, 0.3) is 10.9 Å². The predicted molar refractivity (Wildman–Crippen MR) is 164 cm³/mol. The Labute approximate surface area is 262 Å². The number of hydrogen-bond donors (Lipinski definition) is 1. The molecule has 1 N–H and O–H groups in total. The highest BCUT2D eigenvalue weighted by atomic mass is 32.2. The number of aromatic nitrogens is 4. The Balaban J connectivity index is 1.09. The zero-order valence-electron chi connectivity index (χ0n) is 24.0. The Morgan fingerprint density at radius 2 is 1.76 bits per heavy atom. The van der Waals surface area contributed by atoms with E-state index >= 15 is 0 Å². The number of amides is 1. The highest BCUT2D eigenvalue weighted by Crippen LogP contribution is 2.32. The van der Waals surface area contributed by atoms with E-state index in [1.807, 2.05) is 48.5 Å². The average molecular weight is 649 g/mol. The largest absolute Gasteiger partial charge is 0.495 e. The molecule has 1 saturated heterocycles. The number of nitrogens with one attached hydrogen (secondary N) is 1. The van der Waals surface area contributed by atoms with Crippen LogP contribution in [0.4, 0.5) is 11.5 Å². The number of anilines is 2. The molecule has 3 aromatic carbocycles. The van der Waals surface area contributed by atoms with Crippen molar-refractivity contribution in [3.8, 4) is 11.6 Å². The minimum absolute atomic E-state index is 0.0846. The van der Waals surface area contributed by atoms with Crippen molar-refractivity contribution in [3.05, 3.63) is 84.1 Å². The van der Waals surface area contributed by atoms with Gasteiger partial charge >= 0.3 is 10.9 Å². The number of sulfone groups is 1. The van der Waals surface area contributed by atoms with Crippen LogP contribution in [0.2, 0.25) is 0 Å². The molecule has 0 atom stereocenters. The van der Waals surface area contributed by atoms with Gasteiger partial charge in [-0.15, -0.1) is 0 Å². The molecular formula is C30H28N6O7S2. The molecule has 2 aromatic heterocycles. The van der Waals surface area contributed by atoms with Crippen LogP contribution in [-0.4, -0.2) is 66.4 Å². The lowest BCUT2D eigenvalue weighted by molar-refractivity contribution is -0.832. The first-order valence-electron chi connectivity index (χ1n) is 14.0. The fourth-order valence-corrected chi connectivity index (χ4v) is 6.95. The molecule has 3 heterocycles. The third kappa shape index (κ3) is 6.49. The van der Waals surface area contributed by atoms with Crippen molar-refractivity contribution in [1.82, 2.24) is 20.0 Å². The van der Waals surface area contributed by atoms with Crippen molar-refractivity contribution in [3.63, 3.8) is 0 Å². The summed E-state index contributed by atoms with van der Waals surface area (Å²) >= 11 is 1.24. The lowest BCUT2D eigenvalue weighted by Crippen LogP contribution is -2.42. The predicted octanol–water partition coefficient (Wildman–Crippen LogP) is 4.00. The molecule has 13 nitrogen and oxygen atoms in total. The number of ether oxygens (including phenoxy) is 2. The summed E-state index contributed by atoms with van der Waals surface area (Å²) in [5, 5.41) is 19.6. The molecule has 5 aromatic rings. The van der Waals surface area contributed by atoms with E-state index in [1.165, 1.54) is 23.9 Å². The highest BCUT2D eigenvalue weighted by Gasteiger charge is 2.37. The van der Waals surface area contributed by atoms with Crippen LogP contribution in [0.1, 0.15) is 12.8 Å². The summed E-state index contributed by atoms with van der Waals surface area (Å²) in [6.07, 6.45) is 0.350. The van der Waals surface area contributed by atoms with Gasteiger partial charge in [0.25, 0.3) is 9.84 Å². The molecule has 1 aliphatic heterocycles. The van der Waals surface area contributed by atoms with Gasteiger partial charge in [-0.2, -0.15) is 0 Å². The lowest BCUT2D eigenvalue weighted by atomic mass is 10.1. The maximum Gasteiger partial charge on any atom is 0.415 e. The van der Waals surface area contributed by atoms with Crippen molar-refractivity contribution in [2.45, 2.75) is 34.0 Å². The fraction of sp³-hybridized carbons (Fsp3) is 0.233. The second-order valence-electron chi connectivity index (χ2n) is 10.0. The number of nitrogens with zero attached hydrogens (tertiary/aromatic N) is 5. The summed E-state index contributed by atoms with van der Waals surface area (Å²) in [6.45, 7) is 0.748. The van der Waals surface area contributed by atoms with Crippen molar-refractivity contribution in [2.24, 2.45) is 0 Å². The van der Waals surface area contributed by atoms with Gasteiger partial charge < -0.3 is 24.9 Å². The normalized spacial score (nSPS) is 13.9. The second kappa shape index (κ2) is 13.0. The first kappa shape index (κ1) is 30.1. The van der Waals surface area contributed by atoms with E-state index < -0.39 is 26.8 Å². The summed E-state index contributed by atoms with van der Waals surface area (Å²) in [7, 11) is -2.62. The molecule has 0 unspecified atom stereocenters. The van der Waals surface area contributed by atoms with Crippen LogP contribution >= 0.6 is 11.8 Å². The first-order chi connectivity index (χ1) is 21.8. The summed E-state index contributed by atoms with van der Waals surface area (Å²) < 4.78 is 41.9. The van der Waals surface area contributed by atoms with Crippen molar-refractivity contribution < 1.29 is 32.2 Å². The molecule has 0 radical (unpaired) electrons. The molecule has 232 valence electrons. The summed E-state index contributed by atoms with van der Waals surface area (Å²) in [4.78, 5) is 23.9. The Bertz CT molecular complexity index is 1930. The molecule has 1 aliphatic rings. The van der Waals surface area contributed by atoms with Gasteiger partial charge in [0.05, 0.1) is 34.1 Å². The molecule has 1 fully saturated rings.